The molecule has 0 fully saturated rings. The number of benzene rings is 1. The Hall–Kier alpha value is -8.37. The number of carbonyl (C=O) groups excluding carboxylic acids is 6. The summed E-state index contributed by atoms with van der Waals surface area (Å²) in [4.78, 5) is 140. The number of aromatic nitrogens is 7. The van der Waals surface area contributed by atoms with Crippen LogP contribution in [-0.2, 0) is 35.3 Å². The lowest BCUT2D eigenvalue weighted by molar-refractivity contribution is -0.142. The second-order valence-corrected chi connectivity index (χ2v) is 26.2. The molecule has 1 aliphatic rings. The molecule has 1 aromatic carbocycles. The van der Waals surface area contributed by atoms with Crippen molar-refractivity contribution in [2.75, 3.05) is 32.6 Å². The van der Waals surface area contributed by atoms with Gasteiger partial charge in [0.15, 0.2) is 0 Å². The molecule has 0 radical (unpaired) electrons. The summed E-state index contributed by atoms with van der Waals surface area (Å²) in [5.74, 6) is -6.03. The van der Waals surface area contributed by atoms with Crippen LogP contribution in [-0.4, -0.2) is 125 Å². The Bertz CT molecular complexity index is 3900. The van der Waals surface area contributed by atoms with E-state index in [-0.39, 0.29) is 72.7 Å². The normalized spacial score (nSPS) is 16.3. The maximum atomic E-state index is 14.3. The number of ether oxygens (including phenoxy) is 2. The number of aliphatic hydroxyl groups is 1. The van der Waals surface area contributed by atoms with Gasteiger partial charge in [-0.1, -0.05) is 50.6 Å². The summed E-state index contributed by atoms with van der Waals surface area (Å²) in [5.41, 5.74) is 2.36. The van der Waals surface area contributed by atoms with Gasteiger partial charge in [-0.2, -0.15) is 0 Å². The van der Waals surface area contributed by atoms with E-state index < -0.39 is 84.3 Å². The van der Waals surface area contributed by atoms with Gasteiger partial charge in [-0.3, -0.25) is 38.9 Å². The number of hydrogen-bond donors (Lipinski definition) is 9. The maximum absolute atomic E-state index is 14.3. The van der Waals surface area contributed by atoms with Crippen molar-refractivity contribution in [2.24, 2.45) is 11.8 Å². The Morgan fingerprint density at radius 2 is 1.42 bits per heavy atom. The van der Waals surface area contributed by atoms with Crippen molar-refractivity contribution in [1.82, 2.24) is 61.5 Å². The van der Waals surface area contributed by atoms with Gasteiger partial charge in [-0.15, -0.1) is 68.0 Å². The number of pyridine rings is 1. The molecule has 7 aromatic heterocycles. The fourth-order valence-electron chi connectivity index (χ4n) is 9.13. The van der Waals surface area contributed by atoms with Crippen LogP contribution < -0.4 is 31.9 Å². The van der Waals surface area contributed by atoms with Crippen LogP contribution in [0.3, 0.4) is 0 Å². The van der Waals surface area contributed by atoms with Crippen molar-refractivity contribution in [3.8, 4) is 43.4 Å². The third kappa shape index (κ3) is 16.3. The first kappa shape index (κ1) is 65.1. The van der Waals surface area contributed by atoms with Gasteiger partial charge in [0.05, 0.1) is 54.8 Å². The van der Waals surface area contributed by atoms with E-state index in [0.717, 1.165) is 56.7 Å². The molecule has 9 N–H and O–H groups in total. The van der Waals surface area contributed by atoms with Crippen LogP contribution in [0.25, 0.3) is 43.4 Å². The lowest BCUT2D eigenvalue weighted by Gasteiger charge is -2.23. The number of aryl methyl sites for hydroxylation is 1. The Balaban J connectivity index is 1.06. The van der Waals surface area contributed by atoms with Gasteiger partial charge in [0, 0.05) is 52.5 Å². The average molecular weight is 1330 g/mol. The van der Waals surface area contributed by atoms with E-state index in [2.05, 4.69) is 46.9 Å². The van der Waals surface area contributed by atoms with Gasteiger partial charge in [-0.05, 0) is 49.8 Å². The van der Waals surface area contributed by atoms with E-state index in [1.807, 2.05) is 13.8 Å². The summed E-state index contributed by atoms with van der Waals surface area (Å²) in [6.45, 7) is 4.67. The first-order valence-corrected chi connectivity index (χ1v) is 32.7. The summed E-state index contributed by atoms with van der Waals surface area (Å²) in [5, 5.41) is 55.8. The Morgan fingerprint density at radius 1 is 0.697 bits per heavy atom. The van der Waals surface area contributed by atoms with Gasteiger partial charge in [0.2, 0.25) is 11.8 Å². The first-order valence-electron chi connectivity index (χ1n) is 27.6. The van der Waals surface area contributed by atoms with E-state index in [1.165, 1.54) is 25.5 Å². The van der Waals surface area contributed by atoms with Crippen molar-refractivity contribution >= 4 is 121 Å². The van der Waals surface area contributed by atoms with Crippen molar-refractivity contribution < 1.29 is 63.1 Å². The lowest BCUT2D eigenvalue weighted by atomic mass is 9.98. The number of hydrogen-bond acceptors (Lipinski definition) is 24. The molecule has 1 aliphatic heterocycles. The molecule has 89 heavy (non-hydrogen) atoms. The van der Waals surface area contributed by atoms with Gasteiger partial charge in [-0.25, -0.2) is 39.7 Å². The SMILES string of the molecule is CNC(=O)C[C@@H]1NC(=O)c2csc(n2)-c2ccc(-c3nc(NC(=O)OCCC(CCCCC(=O)O)C(=O)O)cs3)nc2-c2csc(n2)-c2csc(n2)[C@H]([C@@H](O)c2ccccc2)NC(=O)CNC(=O)c2nc(sc2COC)C(C(C)C)NC(=O)c2nc1sc2C. The van der Waals surface area contributed by atoms with Gasteiger partial charge >= 0.3 is 18.0 Å². The zero-order valence-electron chi connectivity index (χ0n) is 48.2. The maximum Gasteiger partial charge on any atom is 0.412 e. The highest BCUT2D eigenvalue weighted by atomic mass is 32.1. The van der Waals surface area contributed by atoms with Crippen LogP contribution >= 0.6 is 68.0 Å². The monoisotopic (exact) mass is 1330 g/mol. The largest absolute Gasteiger partial charge is 0.481 e. The molecule has 9 rings (SSSR count). The highest BCUT2D eigenvalue weighted by molar-refractivity contribution is 7.15. The number of carboxylic acid groups (broad SMARTS) is 2. The molecule has 8 heterocycles. The average Bonchev–Trinajstić information content (AvgIpc) is 1.86. The van der Waals surface area contributed by atoms with Crippen LogP contribution in [0.1, 0.15) is 138 Å². The molecular weight excluding hydrogens is 1270 g/mol. The van der Waals surface area contributed by atoms with Crippen molar-refractivity contribution in [2.45, 2.75) is 90.1 Å². The third-order valence-electron chi connectivity index (χ3n) is 13.7. The number of aliphatic carboxylic acids is 2. The van der Waals surface area contributed by atoms with E-state index in [9.17, 15) is 48.6 Å². The number of methoxy groups -OCH3 is 1. The number of anilines is 1. The summed E-state index contributed by atoms with van der Waals surface area (Å²) in [6, 6.07) is 9.24. The van der Waals surface area contributed by atoms with Crippen molar-refractivity contribution in [3.63, 3.8) is 0 Å². The molecule has 0 saturated heterocycles. The molecule has 10 bridgehead atoms. The molecule has 0 spiro atoms. The number of unbranched alkanes of at least 4 members (excludes halogenated alkanes) is 1. The van der Waals surface area contributed by atoms with E-state index in [4.69, 9.17) is 34.5 Å². The molecule has 2 unspecified atom stereocenters. The Labute approximate surface area is 532 Å². The summed E-state index contributed by atoms with van der Waals surface area (Å²) in [6.07, 6.45) is -1.56. The van der Waals surface area contributed by atoms with Crippen molar-refractivity contribution in [3.05, 3.63) is 111 Å². The fraction of sp³-hybridized carbons (Fsp3) is 0.351. The number of amides is 6. The lowest BCUT2D eigenvalue weighted by Crippen LogP contribution is -2.40. The minimum absolute atomic E-state index is 0.00805. The molecule has 466 valence electrons. The minimum atomic E-state index is -1.30. The predicted molar refractivity (Wildman–Crippen MR) is 334 cm³/mol. The number of nitrogens with one attached hydrogen (secondary N) is 6. The number of nitrogens with zero attached hydrogens (tertiary/aromatic N) is 7. The molecule has 6 amide bonds. The smallest absolute Gasteiger partial charge is 0.412 e. The van der Waals surface area contributed by atoms with Crippen LogP contribution in [0.5, 0.6) is 0 Å². The zero-order valence-corrected chi connectivity index (χ0v) is 53.1. The number of thiazole rings is 6. The summed E-state index contributed by atoms with van der Waals surface area (Å²) >= 11 is 6.96. The summed E-state index contributed by atoms with van der Waals surface area (Å²) in [7, 11) is 2.91. The third-order valence-corrected chi connectivity index (χ3v) is 19.4. The van der Waals surface area contributed by atoms with Crippen LogP contribution in [0.15, 0.2) is 64.0 Å². The Morgan fingerprint density at radius 3 is 2.16 bits per heavy atom. The van der Waals surface area contributed by atoms with Crippen LogP contribution in [0.2, 0.25) is 0 Å². The minimum Gasteiger partial charge on any atom is -0.481 e. The Kier molecular flexibility index (Phi) is 21.8. The quantitative estimate of drug-likeness (QED) is 0.0363. The van der Waals surface area contributed by atoms with Gasteiger partial charge in [0.1, 0.15) is 82.2 Å². The number of rotatable bonds is 18. The second-order valence-electron chi connectivity index (χ2n) is 20.4. The number of carbonyl (C=O) groups is 8. The highest BCUT2D eigenvalue weighted by Gasteiger charge is 2.33. The zero-order chi connectivity index (χ0) is 63.5. The fourth-order valence-corrected chi connectivity index (χ4v) is 14.6. The van der Waals surface area contributed by atoms with E-state index in [1.54, 1.807) is 70.9 Å². The number of aliphatic hydroxyl groups excluding tert-OH is 1. The first-order chi connectivity index (χ1) is 42.8. The molecule has 26 nitrogen and oxygen atoms in total. The van der Waals surface area contributed by atoms with Crippen molar-refractivity contribution in [1.29, 1.82) is 0 Å². The molecule has 32 heteroatoms. The standard InChI is InChI=1S/C57H59N13O13S6/c1-26(2)41-55-70-44(36(89-55)21-82-5)48(77)59-20-39(72)67-45(46(75)28-11-7-6-8-12-28)54-64-35(24-86-54)52-62-33(22-85-52)43-30(50-63-34(23-84-50)47(76)61-32(19-38(71)58-4)53-69-42(27(3)88-53)49(78)68-41)15-16-31(60-43)51-65-37(25-87-51)66-57(81)83-18-17-29(56(79)80)13-9-10-14-40(73)74/h6-8,11-12,15-16,22-26,29,32,41,45-46,75H,9-10,13-14,17-21H2,1-5H3,(H,58,71)(H,59,77)(H,61,76)(H,66,81)(H,67,72)(H,68,78)(H,73,74)(H,79,80)/t29?,32-,41?,45-,46-/m0/s1. The summed E-state index contributed by atoms with van der Waals surface area (Å²) < 4.78 is 10.7. The molecule has 8 aromatic rings. The molecule has 0 saturated carbocycles. The number of fused-ring (bicyclic) bond motifs is 14. The molecular formula is C57H59N13O13S6. The van der Waals surface area contributed by atoms with Gasteiger partial charge < -0.3 is 51.4 Å². The van der Waals surface area contributed by atoms with E-state index in [0.29, 0.717) is 81.5 Å². The molecule has 5 atom stereocenters. The number of carboxylic acids is 2. The van der Waals surface area contributed by atoms with Crippen LogP contribution in [0.4, 0.5) is 10.6 Å². The highest BCUT2D eigenvalue weighted by Crippen LogP contribution is 2.40. The molecule has 0 aliphatic carbocycles. The van der Waals surface area contributed by atoms with Gasteiger partial charge in [0.25, 0.3) is 17.7 Å². The second kappa shape index (κ2) is 29.8. The topological polar surface area (TPSA) is 378 Å². The van der Waals surface area contributed by atoms with E-state index >= 15 is 0 Å². The predicted octanol–water partition coefficient (Wildman–Crippen LogP) is 8.60. The van der Waals surface area contributed by atoms with Crippen LogP contribution in [0, 0.1) is 18.8 Å².